The number of nitrogens with zero attached hydrogens (tertiary/aromatic N) is 2. The van der Waals surface area contributed by atoms with Crippen molar-refractivity contribution in [3.8, 4) is 0 Å². The Balaban J connectivity index is 1.87. The molecule has 0 saturated heterocycles. The van der Waals surface area contributed by atoms with Crippen molar-refractivity contribution in [1.29, 1.82) is 0 Å². The van der Waals surface area contributed by atoms with Gasteiger partial charge in [0.25, 0.3) is 5.56 Å². The molecule has 6 nitrogen and oxygen atoms in total. The van der Waals surface area contributed by atoms with Gasteiger partial charge in [0.05, 0.1) is 6.33 Å². The Bertz CT molecular complexity index is 737. The van der Waals surface area contributed by atoms with E-state index in [-0.39, 0.29) is 11.6 Å². The largest absolute Gasteiger partial charge is 0.336 e. The number of aryl methyl sites for hydroxylation is 2. The van der Waals surface area contributed by atoms with E-state index in [0.29, 0.717) is 18.7 Å². The van der Waals surface area contributed by atoms with E-state index in [1.807, 2.05) is 31.2 Å². The zero-order chi connectivity index (χ0) is 16.1. The summed E-state index contributed by atoms with van der Waals surface area (Å²) in [4.78, 5) is 27.9. The van der Waals surface area contributed by atoms with Gasteiger partial charge in [-0.15, -0.1) is 0 Å². The molecule has 116 valence electrons. The van der Waals surface area contributed by atoms with Gasteiger partial charge in [0, 0.05) is 30.0 Å². The average Bonchev–Trinajstić information content (AvgIpc) is 2.47. The van der Waals surface area contributed by atoms with E-state index < -0.39 is 0 Å². The van der Waals surface area contributed by atoms with Gasteiger partial charge in [0.15, 0.2) is 0 Å². The Labute approximate surface area is 129 Å². The van der Waals surface area contributed by atoms with E-state index >= 15 is 0 Å². The lowest BCUT2D eigenvalue weighted by Crippen LogP contribution is -2.34. The maximum absolute atomic E-state index is 12.0. The predicted molar refractivity (Wildman–Crippen MR) is 86.2 cm³/mol. The molecule has 0 aliphatic carbocycles. The maximum atomic E-state index is 12.0. The molecule has 2 aromatic rings. The van der Waals surface area contributed by atoms with Crippen LogP contribution in [0.2, 0.25) is 0 Å². The Kier molecular flexibility index (Phi) is 4.93. The molecule has 22 heavy (non-hydrogen) atoms. The van der Waals surface area contributed by atoms with Gasteiger partial charge >= 0.3 is 6.03 Å². The molecule has 1 aromatic carbocycles. The quantitative estimate of drug-likeness (QED) is 0.906. The van der Waals surface area contributed by atoms with Crippen molar-refractivity contribution in [2.45, 2.75) is 27.3 Å². The van der Waals surface area contributed by atoms with E-state index in [0.717, 1.165) is 16.9 Å². The van der Waals surface area contributed by atoms with Gasteiger partial charge in [-0.05, 0) is 38.5 Å². The molecule has 0 aliphatic rings. The summed E-state index contributed by atoms with van der Waals surface area (Å²) in [5.41, 5.74) is 3.10. The van der Waals surface area contributed by atoms with Crippen molar-refractivity contribution in [2.75, 3.05) is 11.9 Å². The summed E-state index contributed by atoms with van der Waals surface area (Å²) >= 11 is 0. The summed E-state index contributed by atoms with van der Waals surface area (Å²) in [7, 11) is 0. The zero-order valence-electron chi connectivity index (χ0n) is 13.0. The van der Waals surface area contributed by atoms with E-state index in [1.165, 1.54) is 10.9 Å². The Hall–Kier alpha value is -2.63. The van der Waals surface area contributed by atoms with Crippen molar-refractivity contribution < 1.29 is 4.79 Å². The number of anilines is 1. The molecule has 0 saturated carbocycles. The SMILES string of the molecule is Cc1cccc(NC(=O)NCCn2cnc(C)c(C)c2=O)c1. The first-order chi connectivity index (χ1) is 10.5. The molecule has 2 N–H and O–H groups in total. The number of hydrogen-bond acceptors (Lipinski definition) is 3. The van der Waals surface area contributed by atoms with Crippen LogP contribution in [0.4, 0.5) is 10.5 Å². The summed E-state index contributed by atoms with van der Waals surface area (Å²) < 4.78 is 1.50. The zero-order valence-corrected chi connectivity index (χ0v) is 13.0. The van der Waals surface area contributed by atoms with Gasteiger partial charge in [0.1, 0.15) is 0 Å². The lowest BCUT2D eigenvalue weighted by Gasteiger charge is -2.10. The van der Waals surface area contributed by atoms with Gasteiger partial charge in [-0.3, -0.25) is 9.36 Å². The highest BCUT2D eigenvalue weighted by atomic mass is 16.2. The summed E-state index contributed by atoms with van der Waals surface area (Å²) in [6.45, 7) is 6.24. The number of amides is 2. The number of rotatable bonds is 4. The number of carbonyl (C=O) groups is 1. The van der Waals surface area contributed by atoms with Crippen LogP contribution in [0.5, 0.6) is 0 Å². The number of aromatic nitrogens is 2. The number of nitrogens with one attached hydrogen (secondary N) is 2. The van der Waals surface area contributed by atoms with E-state index in [1.54, 1.807) is 13.8 Å². The molecule has 0 atom stereocenters. The Morgan fingerprint density at radius 2 is 2.05 bits per heavy atom. The van der Waals surface area contributed by atoms with Crippen LogP contribution in [0.15, 0.2) is 35.4 Å². The maximum Gasteiger partial charge on any atom is 0.319 e. The summed E-state index contributed by atoms with van der Waals surface area (Å²) in [6, 6.07) is 7.25. The van der Waals surface area contributed by atoms with Gasteiger partial charge in [-0.2, -0.15) is 0 Å². The average molecular weight is 300 g/mol. The molecule has 6 heteroatoms. The molecule has 2 amide bonds. The number of benzene rings is 1. The molecule has 0 spiro atoms. The van der Waals surface area contributed by atoms with E-state index in [4.69, 9.17) is 0 Å². The van der Waals surface area contributed by atoms with Crippen LogP contribution >= 0.6 is 0 Å². The number of carbonyl (C=O) groups excluding carboxylic acids is 1. The van der Waals surface area contributed by atoms with Crippen molar-refractivity contribution in [3.05, 3.63) is 57.8 Å². The Morgan fingerprint density at radius 1 is 1.27 bits per heavy atom. The molecule has 0 radical (unpaired) electrons. The third-order valence-electron chi connectivity index (χ3n) is 3.43. The minimum Gasteiger partial charge on any atom is -0.336 e. The highest BCUT2D eigenvalue weighted by Crippen LogP contribution is 2.08. The fourth-order valence-corrected chi connectivity index (χ4v) is 2.02. The third-order valence-corrected chi connectivity index (χ3v) is 3.43. The van der Waals surface area contributed by atoms with Gasteiger partial charge in [-0.25, -0.2) is 9.78 Å². The second-order valence-electron chi connectivity index (χ2n) is 5.20. The smallest absolute Gasteiger partial charge is 0.319 e. The first-order valence-corrected chi connectivity index (χ1v) is 7.11. The second-order valence-corrected chi connectivity index (χ2v) is 5.20. The molecule has 2 rings (SSSR count). The highest BCUT2D eigenvalue weighted by Gasteiger charge is 2.05. The van der Waals surface area contributed by atoms with Crippen molar-refractivity contribution >= 4 is 11.7 Å². The van der Waals surface area contributed by atoms with Crippen molar-refractivity contribution in [1.82, 2.24) is 14.9 Å². The second kappa shape index (κ2) is 6.89. The fraction of sp³-hybridized carbons (Fsp3) is 0.312. The minimum absolute atomic E-state index is 0.0756. The predicted octanol–water partition coefficient (Wildman–Crippen LogP) is 1.99. The standard InChI is InChI=1S/C16H20N4O2/c1-11-5-4-6-14(9-11)19-16(22)17-7-8-20-10-18-13(3)12(2)15(20)21/h4-6,9-10H,7-8H2,1-3H3,(H2,17,19,22). The molecule has 1 aromatic heterocycles. The molecule has 0 bridgehead atoms. The highest BCUT2D eigenvalue weighted by molar-refractivity contribution is 5.89. The molecular weight excluding hydrogens is 280 g/mol. The normalized spacial score (nSPS) is 10.3. The van der Waals surface area contributed by atoms with Crippen LogP contribution in [0, 0.1) is 20.8 Å². The van der Waals surface area contributed by atoms with Crippen molar-refractivity contribution in [3.63, 3.8) is 0 Å². The van der Waals surface area contributed by atoms with Crippen LogP contribution < -0.4 is 16.2 Å². The first-order valence-electron chi connectivity index (χ1n) is 7.11. The van der Waals surface area contributed by atoms with Crippen LogP contribution in [0.1, 0.15) is 16.8 Å². The van der Waals surface area contributed by atoms with Gasteiger partial charge in [-0.1, -0.05) is 12.1 Å². The van der Waals surface area contributed by atoms with Crippen LogP contribution in [-0.2, 0) is 6.54 Å². The minimum atomic E-state index is -0.296. The third kappa shape index (κ3) is 3.94. The van der Waals surface area contributed by atoms with Crippen molar-refractivity contribution in [2.24, 2.45) is 0 Å². The molecular formula is C16H20N4O2. The molecule has 0 unspecified atom stereocenters. The summed E-state index contributed by atoms with van der Waals surface area (Å²) in [5, 5.41) is 5.47. The van der Waals surface area contributed by atoms with E-state index in [2.05, 4.69) is 15.6 Å². The first kappa shape index (κ1) is 15.8. The van der Waals surface area contributed by atoms with Crippen LogP contribution in [0.25, 0.3) is 0 Å². The Morgan fingerprint density at radius 3 is 2.77 bits per heavy atom. The molecule has 0 aliphatic heterocycles. The molecule has 1 heterocycles. The summed E-state index contributed by atoms with van der Waals surface area (Å²) in [6.07, 6.45) is 1.50. The number of urea groups is 1. The van der Waals surface area contributed by atoms with Crippen LogP contribution in [0.3, 0.4) is 0 Å². The lowest BCUT2D eigenvalue weighted by atomic mass is 10.2. The molecule has 0 fully saturated rings. The van der Waals surface area contributed by atoms with Gasteiger partial charge < -0.3 is 10.6 Å². The monoisotopic (exact) mass is 300 g/mol. The topological polar surface area (TPSA) is 76.0 Å². The summed E-state index contributed by atoms with van der Waals surface area (Å²) in [5.74, 6) is 0. The number of hydrogen-bond donors (Lipinski definition) is 2. The van der Waals surface area contributed by atoms with Crippen LogP contribution in [-0.4, -0.2) is 22.1 Å². The van der Waals surface area contributed by atoms with Gasteiger partial charge in [0.2, 0.25) is 0 Å². The lowest BCUT2D eigenvalue weighted by molar-refractivity contribution is 0.251. The fourth-order valence-electron chi connectivity index (χ4n) is 2.02. The van der Waals surface area contributed by atoms with E-state index in [9.17, 15) is 9.59 Å².